The summed E-state index contributed by atoms with van der Waals surface area (Å²) >= 11 is 0. The zero-order valence-electron chi connectivity index (χ0n) is 17.9. The number of nitrogens with one attached hydrogen (secondary N) is 1. The van der Waals surface area contributed by atoms with E-state index in [2.05, 4.69) is 12.2 Å². The monoisotopic (exact) mass is 450 g/mol. The Balaban J connectivity index is 1.47. The summed E-state index contributed by atoms with van der Waals surface area (Å²) in [6.07, 6.45) is 1.75. The Morgan fingerprint density at radius 2 is 1.53 bits per heavy atom. The molecular formula is C25H26N2O4S. The molecule has 0 aromatic heterocycles. The second kappa shape index (κ2) is 9.54. The second-order valence-electron chi connectivity index (χ2n) is 7.98. The third-order valence-corrected chi connectivity index (χ3v) is 7.51. The third-order valence-electron chi connectivity index (χ3n) is 5.60. The van der Waals surface area contributed by atoms with Gasteiger partial charge in [-0.25, -0.2) is 8.42 Å². The maximum atomic E-state index is 12.9. The summed E-state index contributed by atoms with van der Waals surface area (Å²) in [7, 11) is -3.52. The molecule has 1 amide bonds. The topological polar surface area (TPSA) is 75.7 Å². The molecule has 0 spiro atoms. The summed E-state index contributed by atoms with van der Waals surface area (Å²) in [5.74, 6) is 1.29. The molecule has 1 heterocycles. The predicted octanol–water partition coefficient (Wildman–Crippen LogP) is 5.15. The summed E-state index contributed by atoms with van der Waals surface area (Å²) in [6.45, 7) is 3.23. The van der Waals surface area contributed by atoms with Gasteiger partial charge in [0.2, 0.25) is 10.0 Å². The van der Waals surface area contributed by atoms with Crippen LogP contribution in [0.5, 0.6) is 11.5 Å². The number of amides is 1. The fourth-order valence-electron chi connectivity index (χ4n) is 3.64. The fraction of sp³-hybridized carbons (Fsp3) is 0.240. The van der Waals surface area contributed by atoms with Gasteiger partial charge in [0.05, 0.1) is 10.5 Å². The van der Waals surface area contributed by atoms with Crippen LogP contribution in [-0.4, -0.2) is 31.7 Å². The number of hydrogen-bond donors (Lipinski definition) is 1. The molecule has 7 heteroatoms. The molecule has 3 aromatic rings. The minimum absolute atomic E-state index is 0.234. The highest BCUT2D eigenvalue weighted by molar-refractivity contribution is 7.89. The number of benzene rings is 3. The number of carbonyl (C=O) groups is 1. The van der Waals surface area contributed by atoms with Crippen molar-refractivity contribution in [2.24, 2.45) is 5.92 Å². The minimum Gasteiger partial charge on any atom is -0.457 e. The molecule has 0 radical (unpaired) electrons. The Morgan fingerprint density at radius 3 is 2.22 bits per heavy atom. The van der Waals surface area contributed by atoms with Crippen LogP contribution < -0.4 is 10.1 Å². The lowest BCUT2D eigenvalue weighted by molar-refractivity contribution is 0.102. The Kier molecular flexibility index (Phi) is 6.58. The van der Waals surface area contributed by atoms with E-state index in [0.29, 0.717) is 41.8 Å². The molecule has 3 aromatic carbocycles. The smallest absolute Gasteiger partial charge is 0.259 e. The van der Waals surface area contributed by atoms with Crippen molar-refractivity contribution in [3.05, 3.63) is 84.4 Å². The number of nitrogens with zero attached hydrogens (tertiary/aromatic N) is 1. The first-order valence-corrected chi connectivity index (χ1v) is 12.1. The maximum Gasteiger partial charge on any atom is 0.259 e. The number of anilines is 1. The van der Waals surface area contributed by atoms with E-state index in [4.69, 9.17) is 4.74 Å². The number of para-hydroxylation sites is 2. The van der Waals surface area contributed by atoms with Gasteiger partial charge in [-0.2, -0.15) is 4.31 Å². The number of rotatable bonds is 6. The zero-order valence-corrected chi connectivity index (χ0v) is 18.7. The molecule has 1 N–H and O–H groups in total. The highest BCUT2D eigenvalue weighted by Crippen LogP contribution is 2.27. The summed E-state index contributed by atoms with van der Waals surface area (Å²) in [5, 5.41) is 2.82. The van der Waals surface area contributed by atoms with Crippen molar-refractivity contribution in [3.63, 3.8) is 0 Å². The standard InChI is InChI=1S/C25H26N2O4S/c1-19-15-17-27(18-16-19)32(29,30)22-13-11-20(12-14-22)26-25(28)23-9-5-6-10-24(23)31-21-7-3-2-4-8-21/h2-14,19H,15-18H2,1H3,(H,26,28). The van der Waals surface area contributed by atoms with Crippen molar-refractivity contribution in [2.45, 2.75) is 24.7 Å². The summed E-state index contributed by atoms with van der Waals surface area (Å²) in [4.78, 5) is 13.1. The van der Waals surface area contributed by atoms with Crippen LogP contribution in [0.4, 0.5) is 5.69 Å². The fourth-order valence-corrected chi connectivity index (χ4v) is 5.11. The normalized spacial score (nSPS) is 15.3. The molecule has 0 aliphatic carbocycles. The number of piperidine rings is 1. The van der Waals surface area contributed by atoms with Crippen molar-refractivity contribution in [2.75, 3.05) is 18.4 Å². The number of carbonyl (C=O) groups excluding carboxylic acids is 1. The van der Waals surface area contributed by atoms with Crippen molar-refractivity contribution < 1.29 is 17.9 Å². The van der Waals surface area contributed by atoms with Crippen LogP contribution in [0.2, 0.25) is 0 Å². The van der Waals surface area contributed by atoms with E-state index in [0.717, 1.165) is 12.8 Å². The first-order chi connectivity index (χ1) is 15.4. The van der Waals surface area contributed by atoms with Crippen LogP contribution in [0.25, 0.3) is 0 Å². The van der Waals surface area contributed by atoms with Crippen molar-refractivity contribution in [3.8, 4) is 11.5 Å². The van der Waals surface area contributed by atoms with E-state index in [1.807, 2.05) is 30.3 Å². The first kappa shape index (κ1) is 22.0. The van der Waals surface area contributed by atoms with E-state index in [9.17, 15) is 13.2 Å². The highest BCUT2D eigenvalue weighted by Gasteiger charge is 2.28. The molecule has 1 fully saturated rings. The van der Waals surface area contributed by atoms with Gasteiger partial charge >= 0.3 is 0 Å². The molecule has 1 aliphatic rings. The van der Waals surface area contributed by atoms with Crippen molar-refractivity contribution >= 4 is 21.6 Å². The van der Waals surface area contributed by atoms with E-state index >= 15 is 0 Å². The lowest BCUT2D eigenvalue weighted by atomic mass is 10.0. The van der Waals surface area contributed by atoms with Crippen LogP contribution in [0, 0.1) is 5.92 Å². The predicted molar refractivity (Wildman–Crippen MR) is 125 cm³/mol. The van der Waals surface area contributed by atoms with E-state index in [-0.39, 0.29) is 10.8 Å². The molecule has 6 nitrogen and oxygen atoms in total. The van der Waals surface area contributed by atoms with Gasteiger partial charge in [-0.3, -0.25) is 4.79 Å². The Labute approximate surface area is 188 Å². The Bertz CT molecular complexity index is 1170. The van der Waals surface area contributed by atoms with Gasteiger partial charge in [0, 0.05) is 18.8 Å². The maximum absolute atomic E-state index is 12.9. The molecule has 0 bridgehead atoms. The highest BCUT2D eigenvalue weighted by atomic mass is 32.2. The van der Waals surface area contributed by atoms with Gasteiger partial charge in [0.15, 0.2) is 0 Å². The molecule has 1 saturated heterocycles. The van der Waals surface area contributed by atoms with Crippen molar-refractivity contribution in [1.82, 2.24) is 4.31 Å². The van der Waals surface area contributed by atoms with Gasteiger partial charge in [0.25, 0.3) is 5.91 Å². The molecule has 0 atom stereocenters. The van der Waals surface area contributed by atoms with Gasteiger partial charge in [0.1, 0.15) is 11.5 Å². The molecule has 166 valence electrons. The molecule has 32 heavy (non-hydrogen) atoms. The quantitative estimate of drug-likeness (QED) is 0.563. The summed E-state index contributed by atoms with van der Waals surface area (Å²) in [6, 6.07) is 22.5. The molecule has 1 aliphatic heterocycles. The van der Waals surface area contributed by atoms with Crippen molar-refractivity contribution in [1.29, 1.82) is 0 Å². The Hall–Kier alpha value is -3.16. The van der Waals surface area contributed by atoms with Gasteiger partial charge < -0.3 is 10.1 Å². The van der Waals surface area contributed by atoms with Gasteiger partial charge in [-0.05, 0) is 67.3 Å². The third kappa shape index (κ3) is 5.00. The van der Waals surface area contributed by atoms with Crippen LogP contribution in [0.1, 0.15) is 30.1 Å². The summed E-state index contributed by atoms with van der Waals surface area (Å²) < 4.78 is 33.2. The number of hydrogen-bond acceptors (Lipinski definition) is 4. The molecule has 4 rings (SSSR count). The zero-order chi connectivity index (χ0) is 22.6. The molecule has 0 unspecified atom stereocenters. The minimum atomic E-state index is -3.52. The first-order valence-electron chi connectivity index (χ1n) is 10.7. The molecule has 0 saturated carbocycles. The lowest BCUT2D eigenvalue weighted by Crippen LogP contribution is -2.37. The summed E-state index contributed by atoms with van der Waals surface area (Å²) in [5.41, 5.74) is 0.895. The number of ether oxygens (including phenoxy) is 1. The molecular weight excluding hydrogens is 424 g/mol. The van der Waals surface area contributed by atoms with Crippen LogP contribution >= 0.6 is 0 Å². The average Bonchev–Trinajstić information content (AvgIpc) is 2.81. The van der Waals surface area contributed by atoms with Crippen LogP contribution in [0.15, 0.2) is 83.8 Å². The number of sulfonamides is 1. The van der Waals surface area contributed by atoms with E-state index < -0.39 is 10.0 Å². The van der Waals surface area contributed by atoms with E-state index in [1.54, 1.807) is 36.4 Å². The van der Waals surface area contributed by atoms with Crippen LogP contribution in [-0.2, 0) is 10.0 Å². The lowest BCUT2D eigenvalue weighted by Gasteiger charge is -2.29. The average molecular weight is 451 g/mol. The van der Waals surface area contributed by atoms with E-state index in [1.165, 1.54) is 16.4 Å². The Morgan fingerprint density at radius 1 is 0.906 bits per heavy atom. The SMILES string of the molecule is CC1CCN(S(=O)(=O)c2ccc(NC(=O)c3ccccc3Oc3ccccc3)cc2)CC1. The van der Waals surface area contributed by atoms with Crippen LogP contribution in [0.3, 0.4) is 0 Å². The van der Waals surface area contributed by atoms with Gasteiger partial charge in [-0.1, -0.05) is 37.3 Å². The largest absolute Gasteiger partial charge is 0.457 e. The second-order valence-corrected chi connectivity index (χ2v) is 9.91. The van der Waals surface area contributed by atoms with Gasteiger partial charge in [-0.15, -0.1) is 0 Å².